The highest BCUT2D eigenvalue weighted by atomic mass is 32.2. The molecule has 1 aromatic heterocycles. The summed E-state index contributed by atoms with van der Waals surface area (Å²) in [7, 11) is 1.54. The molecule has 0 fully saturated rings. The van der Waals surface area contributed by atoms with E-state index in [1.165, 1.54) is 24.6 Å². The van der Waals surface area contributed by atoms with Gasteiger partial charge >= 0.3 is 0 Å². The third-order valence-corrected chi connectivity index (χ3v) is 4.69. The molecule has 0 saturated carbocycles. The quantitative estimate of drug-likeness (QED) is 0.805. The Kier molecular flexibility index (Phi) is 5.91. The lowest BCUT2D eigenvalue weighted by molar-refractivity contribution is 0.520. The van der Waals surface area contributed by atoms with Gasteiger partial charge in [-0.15, -0.1) is 0 Å². The lowest BCUT2D eigenvalue weighted by atomic mass is 10.4. The lowest BCUT2D eigenvalue weighted by Gasteiger charge is -2.20. The van der Waals surface area contributed by atoms with Gasteiger partial charge in [0.1, 0.15) is 10.7 Å². The van der Waals surface area contributed by atoms with Crippen molar-refractivity contribution in [1.82, 2.24) is 14.6 Å². The Labute approximate surface area is 121 Å². The number of pyridine rings is 1. The van der Waals surface area contributed by atoms with Gasteiger partial charge in [-0.2, -0.15) is 0 Å². The van der Waals surface area contributed by atoms with Crippen LogP contribution in [0.4, 0.5) is 5.82 Å². The van der Waals surface area contributed by atoms with Crippen molar-refractivity contribution < 1.29 is 8.42 Å². The minimum absolute atomic E-state index is 0.208. The SMILES string of the molecule is CC(C)NCCN(C)c1ccc(S(=O)(=O)N(C)C)cn1. The predicted molar refractivity (Wildman–Crippen MR) is 81.5 cm³/mol. The van der Waals surface area contributed by atoms with Crippen molar-refractivity contribution in [3.8, 4) is 0 Å². The third-order valence-electron chi connectivity index (χ3n) is 2.89. The van der Waals surface area contributed by atoms with Crippen LogP contribution in [0.25, 0.3) is 0 Å². The number of nitrogens with zero attached hydrogens (tertiary/aromatic N) is 3. The van der Waals surface area contributed by atoms with E-state index in [0.717, 1.165) is 18.9 Å². The van der Waals surface area contributed by atoms with Crippen molar-refractivity contribution in [1.29, 1.82) is 0 Å². The van der Waals surface area contributed by atoms with Gasteiger partial charge in [0.2, 0.25) is 10.0 Å². The molecule has 1 N–H and O–H groups in total. The second-order valence-corrected chi connectivity index (χ2v) is 7.32. The van der Waals surface area contributed by atoms with Crippen LogP contribution in [0.15, 0.2) is 23.2 Å². The van der Waals surface area contributed by atoms with E-state index in [-0.39, 0.29) is 4.90 Å². The number of anilines is 1. The van der Waals surface area contributed by atoms with Crippen LogP contribution in [0, 0.1) is 0 Å². The van der Waals surface area contributed by atoms with Gasteiger partial charge in [0, 0.05) is 46.5 Å². The molecular weight excluding hydrogens is 276 g/mol. The summed E-state index contributed by atoms with van der Waals surface area (Å²) in [6.45, 7) is 5.86. The molecule has 1 heterocycles. The highest BCUT2D eigenvalue weighted by Gasteiger charge is 2.17. The highest BCUT2D eigenvalue weighted by molar-refractivity contribution is 7.89. The second-order valence-electron chi connectivity index (χ2n) is 5.17. The lowest BCUT2D eigenvalue weighted by Crippen LogP contribution is -2.33. The molecule has 0 radical (unpaired) electrons. The highest BCUT2D eigenvalue weighted by Crippen LogP contribution is 2.15. The van der Waals surface area contributed by atoms with Crippen LogP contribution in [0.2, 0.25) is 0 Å². The molecule has 20 heavy (non-hydrogen) atoms. The summed E-state index contributed by atoms with van der Waals surface area (Å²) in [5.74, 6) is 0.758. The van der Waals surface area contributed by atoms with Crippen LogP contribution >= 0.6 is 0 Å². The maximum atomic E-state index is 11.9. The average Bonchev–Trinajstić information content (AvgIpc) is 2.38. The smallest absolute Gasteiger partial charge is 0.244 e. The summed E-state index contributed by atoms with van der Waals surface area (Å²) in [6, 6.07) is 3.76. The monoisotopic (exact) mass is 300 g/mol. The van der Waals surface area contributed by atoms with Crippen LogP contribution in [-0.2, 0) is 10.0 Å². The second kappa shape index (κ2) is 7.01. The molecule has 0 aliphatic heterocycles. The van der Waals surface area contributed by atoms with Gasteiger partial charge in [-0.1, -0.05) is 13.8 Å². The zero-order chi connectivity index (χ0) is 15.3. The van der Waals surface area contributed by atoms with Gasteiger partial charge < -0.3 is 10.2 Å². The molecule has 0 amide bonds. The van der Waals surface area contributed by atoms with Gasteiger partial charge in [0.15, 0.2) is 0 Å². The van der Waals surface area contributed by atoms with E-state index in [1.807, 2.05) is 11.9 Å². The maximum absolute atomic E-state index is 11.9. The normalized spacial score (nSPS) is 12.2. The number of hydrogen-bond donors (Lipinski definition) is 1. The van der Waals surface area contributed by atoms with E-state index in [9.17, 15) is 8.42 Å². The Morgan fingerprint density at radius 3 is 2.35 bits per heavy atom. The van der Waals surface area contributed by atoms with Gasteiger partial charge in [-0.25, -0.2) is 17.7 Å². The van der Waals surface area contributed by atoms with Gasteiger partial charge in [0.25, 0.3) is 0 Å². The number of sulfonamides is 1. The van der Waals surface area contributed by atoms with Gasteiger partial charge in [-0.05, 0) is 12.1 Å². The number of likely N-dealkylation sites (N-methyl/N-ethyl adjacent to an activating group) is 1. The molecule has 0 unspecified atom stereocenters. The number of hydrogen-bond acceptors (Lipinski definition) is 5. The van der Waals surface area contributed by atoms with Crippen molar-refractivity contribution in [3.05, 3.63) is 18.3 Å². The standard InChI is InChI=1S/C13H24N4O2S/c1-11(2)14-8-9-17(5)13-7-6-12(10-15-13)20(18,19)16(3)4/h6-7,10-11,14H,8-9H2,1-5H3. The molecule has 0 spiro atoms. The fourth-order valence-corrected chi connectivity index (χ4v) is 2.44. The fraction of sp³-hybridized carbons (Fsp3) is 0.615. The number of nitrogens with one attached hydrogen (secondary N) is 1. The molecule has 114 valence electrons. The van der Waals surface area contributed by atoms with Crippen LogP contribution in [-0.4, -0.2) is 58.0 Å². The molecule has 0 atom stereocenters. The summed E-state index contributed by atoms with van der Waals surface area (Å²) in [6.07, 6.45) is 1.40. The molecule has 0 aliphatic rings. The van der Waals surface area contributed by atoms with Gasteiger partial charge in [-0.3, -0.25) is 0 Å². The Balaban J connectivity index is 2.72. The Morgan fingerprint density at radius 2 is 1.90 bits per heavy atom. The molecule has 0 aliphatic carbocycles. The summed E-state index contributed by atoms with van der Waals surface area (Å²) >= 11 is 0. The minimum Gasteiger partial charge on any atom is -0.358 e. The zero-order valence-electron chi connectivity index (χ0n) is 12.8. The molecule has 1 aromatic rings. The molecule has 6 nitrogen and oxygen atoms in total. The first-order valence-electron chi connectivity index (χ1n) is 6.58. The van der Waals surface area contributed by atoms with E-state index < -0.39 is 10.0 Å². The topological polar surface area (TPSA) is 65.5 Å². The molecule has 0 bridgehead atoms. The first kappa shape index (κ1) is 16.9. The van der Waals surface area contributed by atoms with E-state index in [0.29, 0.717) is 6.04 Å². The van der Waals surface area contributed by atoms with E-state index >= 15 is 0 Å². The first-order valence-corrected chi connectivity index (χ1v) is 8.02. The number of aromatic nitrogens is 1. The fourth-order valence-electron chi connectivity index (χ4n) is 1.60. The summed E-state index contributed by atoms with van der Waals surface area (Å²) in [5.41, 5.74) is 0. The van der Waals surface area contributed by atoms with E-state index in [4.69, 9.17) is 0 Å². The van der Waals surface area contributed by atoms with Crippen molar-refractivity contribution >= 4 is 15.8 Å². The van der Waals surface area contributed by atoms with Crippen molar-refractivity contribution in [2.75, 3.05) is 39.1 Å². The Hall–Kier alpha value is -1.18. The van der Waals surface area contributed by atoms with Crippen LogP contribution in [0.5, 0.6) is 0 Å². The average molecular weight is 300 g/mol. The van der Waals surface area contributed by atoms with Crippen LogP contribution < -0.4 is 10.2 Å². The first-order chi connectivity index (χ1) is 9.25. The number of rotatable bonds is 7. The predicted octanol–water partition coefficient (Wildman–Crippen LogP) is 0.766. The zero-order valence-corrected chi connectivity index (χ0v) is 13.6. The third kappa shape index (κ3) is 4.43. The summed E-state index contributed by atoms with van der Waals surface area (Å²) in [4.78, 5) is 6.41. The molecule has 0 aromatic carbocycles. The molecule has 1 rings (SSSR count). The molecular formula is C13H24N4O2S. The van der Waals surface area contributed by atoms with Crippen molar-refractivity contribution in [2.24, 2.45) is 0 Å². The molecule has 0 saturated heterocycles. The van der Waals surface area contributed by atoms with Crippen LogP contribution in [0.1, 0.15) is 13.8 Å². The van der Waals surface area contributed by atoms with Crippen molar-refractivity contribution in [3.63, 3.8) is 0 Å². The summed E-state index contributed by atoms with van der Waals surface area (Å²) in [5, 5.41) is 3.32. The van der Waals surface area contributed by atoms with E-state index in [2.05, 4.69) is 24.1 Å². The Morgan fingerprint density at radius 1 is 1.25 bits per heavy atom. The maximum Gasteiger partial charge on any atom is 0.244 e. The largest absolute Gasteiger partial charge is 0.358 e. The van der Waals surface area contributed by atoms with Crippen molar-refractivity contribution in [2.45, 2.75) is 24.8 Å². The minimum atomic E-state index is -3.41. The van der Waals surface area contributed by atoms with Crippen LogP contribution in [0.3, 0.4) is 0 Å². The molecule has 7 heteroatoms. The summed E-state index contributed by atoms with van der Waals surface area (Å²) < 4.78 is 25.0. The van der Waals surface area contributed by atoms with Gasteiger partial charge in [0.05, 0.1) is 0 Å². The van der Waals surface area contributed by atoms with E-state index in [1.54, 1.807) is 12.1 Å². The Bertz CT molecular complexity index is 512.